The van der Waals surface area contributed by atoms with E-state index < -0.39 is 5.97 Å². The summed E-state index contributed by atoms with van der Waals surface area (Å²) >= 11 is 5.91. The van der Waals surface area contributed by atoms with Gasteiger partial charge in [0.25, 0.3) is 0 Å². The molecule has 0 saturated carbocycles. The zero-order valence-electron chi connectivity index (χ0n) is 20.1. The van der Waals surface area contributed by atoms with E-state index in [-0.39, 0.29) is 18.0 Å². The van der Waals surface area contributed by atoms with Crippen LogP contribution in [0, 0.1) is 6.92 Å². The number of methoxy groups -OCH3 is 1. The minimum atomic E-state index is -0.418. The number of hydrogen-bond donors (Lipinski definition) is 0. The van der Waals surface area contributed by atoms with Crippen molar-refractivity contribution in [1.29, 1.82) is 0 Å². The number of ketones is 1. The molecule has 1 aromatic heterocycles. The molecule has 182 valence electrons. The molecule has 5 rings (SSSR count). The molecule has 0 unspecified atom stereocenters. The number of aromatic nitrogens is 1. The number of allylic oxidation sites excluding steroid dienone is 1. The third-order valence-electron chi connectivity index (χ3n) is 6.18. The number of hydrogen-bond acceptors (Lipinski definition) is 5. The molecule has 0 spiro atoms. The Hall–Kier alpha value is -4.03. The number of ether oxygens (including phenoxy) is 3. The smallest absolute Gasteiger partial charge is 0.315 e. The molecule has 0 bridgehead atoms. The number of carbonyl (C=O) groups excluding carboxylic acids is 2. The zero-order valence-corrected chi connectivity index (χ0v) is 20.9. The molecule has 0 radical (unpaired) electrons. The number of nitrogens with zero attached hydrogens (tertiary/aromatic N) is 1. The summed E-state index contributed by atoms with van der Waals surface area (Å²) in [6.45, 7) is 4.64. The van der Waals surface area contributed by atoms with Crippen LogP contribution in [0.4, 0.5) is 0 Å². The highest BCUT2D eigenvalue weighted by molar-refractivity contribution is 6.30. The van der Waals surface area contributed by atoms with Gasteiger partial charge in [-0.2, -0.15) is 0 Å². The second kappa shape index (κ2) is 9.55. The van der Waals surface area contributed by atoms with E-state index in [1.54, 1.807) is 56.5 Å². The van der Waals surface area contributed by atoms with Crippen molar-refractivity contribution in [2.75, 3.05) is 7.11 Å². The highest BCUT2D eigenvalue weighted by atomic mass is 35.5. The second-order valence-corrected chi connectivity index (χ2v) is 9.02. The van der Waals surface area contributed by atoms with E-state index in [1.165, 1.54) is 0 Å². The highest BCUT2D eigenvalue weighted by Crippen LogP contribution is 2.38. The lowest BCUT2D eigenvalue weighted by molar-refractivity contribution is -0.133. The van der Waals surface area contributed by atoms with Crippen LogP contribution >= 0.6 is 11.6 Å². The summed E-state index contributed by atoms with van der Waals surface area (Å²) in [4.78, 5) is 25.7. The molecule has 0 amide bonds. The topological polar surface area (TPSA) is 66.8 Å². The van der Waals surface area contributed by atoms with Gasteiger partial charge in [-0.3, -0.25) is 9.59 Å². The third-order valence-corrected chi connectivity index (χ3v) is 6.44. The van der Waals surface area contributed by atoms with Gasteiger partial charge < -0.3 is 18.8 Å². The summed E-state index contributed by atoms with van der Waals surface area (Å²) in [5.41, 5.74) is 3.83. The van der Waals surface area contributed by atoms with Crippen molar-refractivity contribution in [3.63, 3.8) is 0 Å². The fraction of sp³-hybridized carbons (Fsp3) is 0.172. The fourth-order valence-electron chi connectivity index (χ4n) is 4.42. The van der Waals surface area contributed by atoms with E-state index in [0.29, 0.717) is 27.6 Å². The molecular weight excluding hydrogens is 478 g/mol. The quantitative estimate of drug-likeness (QED) is 0.174. The Labute approximate surface area is 213 Å². The van der Waals surface area contributed by atoms with Crippen LogP contribution in [0.3, 0.4) is 0 Å². The minimum Gasteiger partial charge on any atom is -0.497 e. The summed E-state index contributed by atoms with van der Waals surface area (Å²) in [6, 6.07) is 16.1. The molecule has 0 atom stereocenters. The Morgan fingerprint density at radius 1 is 1.08 bits per heavy atom. The molecule has 0 fully saturated rings. The van der Waals surface area contributed by atoms with Crippen LogP contribution in [-0.4, -0.2) is 23.4 Å². The van der Waals surface area contributed by atoms with Crippen LogP contribution in [-0.2, 0) is 17.8 Å². The average Bonchev–Trinajstić information content (AvgIpc) is 3.37. The van der Waals surface area contributed by atoms with E-state index in [9.17, 15) is 9.59 Å². The first kappa shape index (κ1) is 23.7. The van der Waals surface area contributed by atoms with Gasteiger partial charge in [0.15, 0.2) is 5.76 Å². The maximum atomic E-state index is 13.2. The number of benzene rings is 3. The zero-order chi connectivity index (χ0) is 25.4. The highest BCUT2D eigenvalue weighted by Gasteiger charge is 2.30. The van der Waals surface area contributed by atoms with Crippen LogP contribution in [0.1, 0.15) is 34.0 Å². The van der Waals surface area contributed by atoms with Crippen molar-refractivity contribution in [1.82, 2.24) is 4.57 Å². The van der Waals surface area contributed by atoms with Crippen molar-refractivity contribution < 1.29 is 23.8 Å². The first-order valence-corrected chi connectivity index (χ1v) is 11.9. The fourth-order valence-corrected chi connectivity index (χ4v) is 4.55. The third kappa shape index (κ3) is 4.48. The van der Waals surface area contributed by atoms with Crippen molar-refractivity contribution in [3.8, 4) is 17.2 Å². The van der Waals surface area contributed by atoms with Crippen LogP contribution in [0.2, 0.25) is 5.02 Å². The Kier molecular flexibility index (Phi) is 6.29. The maximum absolute atomic E-state index is 13.2. The molecule has 1 aliphatic rings. The molecule has 0 saturated heterocycles. The van der Waals surface area contributed by atoms with E-state index in [2.05, 4.69) is 11.5 Å². The van der Waals surface area contributed by atoms with Gasteiger partial charge in [-0.1, -0.05) is 23.7 Å². The van der Waals surface area contributed by atoms with Crippen LogP contribution in [0.5, 0.6) is 17.2 Å². The van der Waals surface area contributed by atoms with Crippen molar-refractivity contribution in [3.05, 3.63) is 93.8 Å². The summed E-state index contributed by atoms with van der Waals surface area (Å²) in [5, 5.41) is 1.56. The SMILES string of the molecule is CCn1cc(/C=C2\Oc3cc(OC(=O)Cc4ccc(Cl)cc4)cc(C)c3C2=O)c2cc(OC)ccc21. The predicted molar refractivity (Wildman–Crippen MR) is 139 cm³/mol. The number of halogens is 1. The van der Waals surface area contributed by atoms with Crippen molar-refractivity contribution in [2.45, 2.75) is 26.8 Å². The summed E-state index contributed by atoms with van der Waals surface area (Å²) in [5.74, 6) is 1.03. The Balaban J connectivity index is 1.42. The largest absolute Gasteiger partial charge is 0.497 e. The molecule has 4 aromatic rings. The van der Waals surface area contributed by atoms with Gasteiger partial charge in [-0.15, -0.1) is 0 Å². The number of esters is 1. The van der Waals surface area contributed by atoms with Gasteiger partial charge in [0, 0.05) is 40.3 Å². The van der Waals surface area contributed by atoms with Crippen LogP contribution in [0.15, 0.2) is 66.6 Å². The lowest BCUT2D eigenvalue weighted by Gasteiger charge is -2.08. The summed E-state index contributed by atoms with van der Waals surface area (Å²) in [7, 11) is 1.62. The Bertz CT molecular complexity index is 1530. The average molecular weight is 502 g/mol. The number of carbonyl (C=O) groups is 2. The minimum absolute atomic E-state index is 0.100. The van der Waals surface area contributed by atoms with Crippen molar-refractivity contribution >= 4 is 40.3 Å². The van der Waals surface area contributed by atoms with E-state index >= 15 is 0 Å². The molecule has 3 aromatic carbocycles. The normalized spacial score (nSPS) is 13.7. The number of fused-ring (bicyclic) bond motifs is 2. The number of Topliss-reactive ketones (excluding diaryl/α,β-unsaturated/α-hetero) is 1. The summed E-state index contributed by atoms with van der Waals surface area (Å²) < 4.78 is 19.0. The number of aryl methyl sites for hydroxylation is 2. The summed E-state index contributed by atoms with van der Waals surface area (Å²) in [6.07, 6.45) is 3.85. The molecule has 36 heavy (non-hydrogen) atoms. The van der Waals surface area contributed by atoms with Gasteiger partial charge in [-0.25, -0.2) is 0 Å². The molecule has 0 aliphatic carbocycles. The van der Waals surface area contributed by atoms with Crippen LogP contribution in [0.25, 0.3) is 17.0 Å². The number of rotatable bonds is 6. The standard InChI is InChI=1S/C29H24ClNO5/c1-4-31-16-19(23-14-21(34-3)9-10-24(23)31)13-26-29(33)28-17(2)11-22(15-25(28)36-26)35-27(32)12-18-5-7-20(30)8-6-18/h5-11,13-16H,4,12H2,1-3H3/b26-13-. The Morgan fingerprint density at radius 2 is 1.86 bits per heavy atom. The monoisotopic (exact) mass is 501 g/mol. The molecule has 7 heteroatoms. The first-order valence-electron chi connectivity index (χ1n) is 11.6. The van der Waals surface area contributed by atoms with Crippen molar-refractivity contribution in [2.24, 2.45) is 0 Å². The molecule has 0 N–H and O–H groups in total. The second-order valence-electron chi connectivity index (χ2n) is 8.58. The predicted octanol–water partition coefficient (Wildman–Crippen LogP) is 6.40. The lowest BCUT2D eigenvalue weighted by Crippen LogP contribution is -2.11. The molecule has 2 heterocycles. The van der Waals surface area contributed by atoms with Gasteiger partial charge in [0.2, 0.25) is 5.78 Å². The van der Waals surface area contributed by atoms with E-state index in [0.717, 1.165) is 34.3 Å². The lowest BCUT2D eigenvalue weighted by atomic mass is 10.0. The maximum Gasteiger partial charge on any atom is 0.315 e. The van der Waals surface area contributed by atoms with E-state index in [1.807, 2.05) is 24.4 Å². The van der Waals surface area contributed by atoms with E-state index in [4.69, 9.17) is 25.8 Å². The van der Waals surface area contributed by atoms with Crippen LogP contribution < -0.4 is 14.2 Å². The Morgan fingerprint density at radius 3 is 2.58 bits per heavy atom. The van der Waals surface area contributed by atoms with Gasteiger partial charge in [0.1, 0.15) is 17.2 Å². The van der Waals surface area contributed by atoms with Gasteiger partial charge in [-0.05, 0) is 67.4 Å². The molecule has 6 nitrogen and oxygen atoms in total. The molecule has 1 aliphatic heterocycles. The molecular formula is C29H24ClNO5. The first-order chi connectivity index (χ1) is 17.4. The van der Waals surface area contributed by atoms with Gasteiger partial charge in [0.05, 0.1) is 19.1 Å². The van der Waals surface area contributed by atoms with Gasteiger partial charge >= 0.3 is 5.97 Å².